The van der Waals surface area contributed by atoms with Crippen molar-refractivity contribution in [3.8, 4) is 6.07 Å². The van der Waals surface area contributed by atoms with Gasteiger partial charge in [0.25, 0.3) is 0 Å². The second-order valence-electron chi connectivity index (χ2n) is 3.25. The van der Waals surface area contributed by atoms with Gasteiger partial charge >= 0.3 is 0 Å². The quantitative estimate of drug-likeness (QED) is 0.665. The Morgan fingerprint density at radius 1 is 1.58 bits per heavy atom. The first-order valence-electron chi connectivity index (χ1n) is 4.03. The van der Waals surface area contributed by atoms with E-state index in [4.69, 9.17) is 5.26 Å². The molecule has 0 radical (unpaired) electrons. The van der Waals surface area contributed by atoms with Gasteiger partial charge in [-0.3, -0.25) is 0 Å². The molecular formula is C9H13N3. The standard InChI is InChI=1S/C9H13N3/c1-7(2)8(6-10)9-11-4-5-12(9)3/h4-5,7-8H,1-3H3. The van der Waals surface area contributed by atoms with Crippen LogP contribution in [0.25, 0.3) is 0 Å². The lowest BCUT2D eigenvalue weighted by molar-refractivity contribution is 0.546. The van der Waals surface area contributed by atoms with Crippen molar-refractivity contribution in [3.05, 3.63) is 18.2 Å². The Morgan fingerprint density at radius 2 is 2.25 bits per heavy atom. The molecule has 1 unspecified atom stereocenters. The Morgan fingerprint density at radius 3 is 2.58 bits per heavy atom. The van der Waals surface area contributed by atoms with Crippen molar-refractivity contribution < 1.29 is 0 Å². The van der Waals surface area contributed by atoms with Crippen LogP contribution in [0.2, 0.25) is 0 Å². The summed E-state index contributed by atoms with van der Waals surface area (Å²) in [6, 6.07) is 2.26. The Bertz CT molecular complexity index is 293. The van der Waals surface area contributed by atoms with Gasteiger partial charge in [0.1, 0.15) is 11.7 Å². The Kier molecular flexibility index (Phi) is 2.49. The molecule has 12 heavy (non-hydrogen) atoms. The van der Waals surface area contributed by atoms with Gasteiger partial charge < -0.3 is 4.57 Å². The number of nitrogens with zero attached hydrogens (tertiary/aromatic N) is 3. The molecule has 0 aromatic carbocycles. The number of aryl methyl sites for hydroxylation is 1. The first-order chi connectivity index (χ1) is 5.66. The molecule has 3 nitrogen and oxygen atoms in total. The number of nitriles is 1. The SMILES string of the molecule is CC(C)C(C#N)c1nccn1C. The highest BCUT2D eigenvalue weighted by Gasteiger charge is 2.18. The fraction of sp³-hybridized carbons (Fsp3) is 0.556. The molecule has 1 rings (SSSR count). The largest absolute Gasteiger partial charge is 0.337 e. The van der Waals surface area contributed by atoms with Gasteiger partial charge in [-0.05, 0) is 5.92 Å². The van der Waals surface area contributed by atoms with Crippen LogP contribution in [0.15, 0.2) is 12.4 Å². The van der Waals surface area contributed by atoms with E-state index in [2.05, 4.69) is 11.1 Å². The third-order valence-corrected chi connectivity index (χ3v) is 1.94. The van der Waals surface area contributed by atoms with Crippen molar-refractivity contribution in [1.82, 2.24) is 9.55 Å². The summed E-state index contributed by atoms with van der Waals surface area (Å²) in [6.45, 7) is 4.06. The molecule has 1 heterocycles. The van der Waals surface area contributed by atoms with Crippen molar-refractivity contribution in [2.45, 2.75) is 19.8 Å². The predicted molar refractivity (Wildman–Crippen MR) is 46.4 cm³/mol. The second-order valence-corrected chi connectivity index (χ2v) is 3.25. The maximum atomic E-state index is 8.89. The molecule has 0 saturated carbocycles. The van der Waals surface area contributed by atoms with Crippen LogP contribution in [0.4, 0.5) is 0 Å². The highest BCUT2D eigenvalue weighted by Crippen LogP contribution is 2.20. The van der Waals surface area contributed by atoms with Gasteiger partial charge in [-0.25, -0.2) is 4.98 Å². The van der Waals surface area contributed by atoms with E-state index in [1.54, 1.807) is 6.20 Å². The number of hydrogen-bond acceptors (Lipinski definition) is 2. The average Bonchev–Trinajstić information content (AvgIpc) is 2.38. The zero-order valence-corrected chi connectivity index (χ0v) is 7.65. The first kappa shape index (κ1) is 8.79. The van der Waals surface area contributed by atoms with E-state index in [1.807, 2.05) is 31.7 Å². The molecule has 0 aliphatic carbocycles. The zero-order valence-electron chi connectivity index (χ0n) is 7.65. The van der Waals surface area contributed by atoms with Gasteiger partial charge in [-0.15, -0.1) is 0 Å². The molecule has 0 bridgehead atoms. The van der Waals surface area contributed by atoms with Crippen LogP contribution >= 0.6 is 0 Å². The minimum Gasteiger partial charge on any atom is -0.337 e. The van der Waals surface area contributed by atoms with E-state index < -0.39 is 0 Å². The van der Waals surface area contributed by atoms with Gasteiger partial charge in [0.15, 0.2) is 0 Å². The van der Waals surface area contributed by atoms with Crippen LogP contribution in [-0.4, -0.2) is 9.55 Å². The van der Waals surface area contributed by atoms with Crippen LogP contribution in [0, 0.1) is 17.2 Å². The van der Waals surface area contributed by atoms with Gasteiger partial charge in [0, 0.05) is 19.4 Å². The van der Waals surface area contributed by atoms with Crippen LogP contribution in [0.1, 0.15) is 25.6 Å². The minimum absolute atomic E-state index is 0.0926. The van der Waals surface area contributed by atoms with E-state index in [-0.39, 0.29) is 5.92 Å². The number of hydrogen-bond donors (Lipinski definition) is 0. The summed E-state index contributed by atoms with van der Waals surface area (Å²) < 4.78 is 1.90. The molecule has 1 atom stereocenters. The lowest BCUT2D eigenvalue weighted by Gasteiger charge is -2.11. The van der Waals surface area contributed by atoms with E-state index in [0.29, 0.717) is 5.92 Å². The molecule has 64 valence electrons. The fourth-order valence-electron chi connectivity index (χ4n) is 1.18. The Hall–Kier alpha value is -1.30. The molecular weight excluding hydrogens is 150 g/mol. The maximum Gasteiger partial charge on any atom is 0.126 e. The molecule has 1 aromatic heterocycles. The minimum atomic E-state index is -0.0926. The maximum absolute atomic E-state index is 8.89. The summed E-state index contributed by atoms with van der Waals surface area (Å²) >= 11 is 0. The monoisotopic (exact) mass is 163 g/mol. The average molecular weight is 163 g/mol. The summed E-state index contributed by atoms with van der Waals surface area (Å²) in [5, 5.41) is 8.89. The molecule has 3 heteroatoms. The fourth-order valence-corrected chi connectivity index (χ4v) is 1.18. The first-order valence-corrected chi connectivity index (χ1v) is 4.03. The predicted octanol–water partition coefficient (Wildman–Crippen LogP) is 1.68. The highest BCUT2D eigenvalue weighted by atomic mass is 15.0. The zero-order chi connectivity index (χ0) is 9.14. The van der Waals surface area contributed by atoms with Crippen molar-refractivity contribution in [2.75, 3.05) is 0 Å². The van der Waals surface area contributed by atoms with Crippen LogP contribution < -0.4 is 0 Å². The van der Waals surface area contributed by atoms with Gasteiger partial charge in [-0.2, -0.15) is 5.26 Å². The molecule has 0 fully saturated rings. The molecule has 0 aliphatic rings. The van der Waals surface area contributed by atoms with E-state index in [1.165, 1.54) is 0 Å². The molecule has 0 aliphatic heterocycles. The molecule has 0 spiro atoms. The molecule has 0 N–H and O–H groups in total. The number of imidazole rings is 1. The van der Waals surface area contributed by atoms with E-state index in [9.17, 15) is 0 Å². The summed E-state index contributed by atoms with van der Waals surface area (Å²) in [6.07, 6.45) is 3.59. The van der Waals surface area contributed by atoms with Crippen molar-refractivity contribution in [3.63, 3.8) is 0 Å². The summed E-state index contributed by atoms with van der Waals surface area (Å²) in [5.41, 5.74) is 0. The lowest BCUT2D eigenvalue weighted by atomic mass is 9.97. The third kappa shape index (κ3) is 1.48. The van der Waals surface area contributed by atoms with Gasteiger partial charge in [0.2, 0.25) is 0 Å². The van der Waals surface area contributed by atoms with Crippen LogP contribution in [0.3, 0.4) is 0 Å². The van der Waals surface area contributed by atoms with E-state index in [0.717, 1.165) is 5.82 Å². The van der Waals surface area contributed by atoms with Gasteiger partial charge in [-0.1, -0.05) is 13.8 Å². The molecule has 1 aromatic rings. The summed E-state index contributed by atoms with van der Waals surface area (Å²) in [4.78, 5) is 4.15. The number of aromatic nitrogens is 2. The number of rotatable bonds is 2. The van der Waals surface area contributed by atoms with Crippen molar-refractivity contribution in [2.24, 2.45) is 13.0 Å². The van der Waals surface area contributed by atoms with Crippen molar-refractivity contribution >= 4 is 0 Å². The summed E-state index contributed by atoms with van der Waals surface area (Å²) in [7, 11) is 1.91. The van der Waals surface area contributed by atoms with Crippen LogP contribution in [0.5, 0.6) is 0 Å². The third-order valence-electron chi connectivity index (χ3n) is 1.94. The smallest absolute Gasteiger partial charge is 0.126 e. The van der Waals surface area contributed by atoms with Crippen LogP contribution in [-0.2, 0) is 7.05 Å². The molecule has 0 amide bonds. The van der Waals surface area contributed by atoms with Crippen molar-refractivity contribution in [1.29, 1.82) is 5.26 Å². The lowest BCUT2D eigenvalue weighted by Crippen LogP contribution is -2.09. The Labute approximate surface area is 72.7 Å². The molecule has 0 saturated heterocycles. The van der Waals surface area contributed by atoms with E-state index >= 15 is 0 Å². The van der Waals surface area contributed by atoms with Gasteiger partial charge in [0.05, 0.1) is 6.07 Å². The Balaban J connectivity index is 2.97. The normalized spacial score (nSPS) is 12.9. The second kappa shape index (κ2) is 3.40. The summed E-state index contributed by atoms with van der Waals surface area (Å²) in [5.74, 6) is 1.08. The highest BCUT2D eigenvalue weighted by molar-refractivity contribution is 5.10. The topological polar surface area (TPSA) is 41.6 Å².